The number of hydrogen-bond donors (Lipinski definition) is 0. The second-order valence-corrected chi connectivity index (χ2v) is 9.13. The Bertz CT molecular complexity index is 956. The predicted molar refractivity (Wildman–Crippen MR) is 124 cm³/mol. The van der Waals surface area contributed by atoms with E-state index in [0.717, 1.165) is 56.2 Å². The van der Waals surface area contributed by atoms with E-state index in [0.29, 0.717) is 18.1 Å². The number of hydrogen-bond acceptors (Lipinski definition) is 6. The third-order valence-electron chi connectivity index (χ3n) is 5.40. The van der Waals surface area contributed by atoms with E-state index < -0.39 is 5.82 Å². The van der Waals surface area contributed by atoms with Crippen LogP contribution in [0.25, 0.3) is 0 Å². The van der Waals surface area contributed by atoms with Crippen molar-refractivity contribution >= 4 is 46.2 Å². The molecule has 6 nitrogen and oxygen atoms in total. The minimum atomic E-state index is -0.449. The zero-order chi connectivity index (χ0) is 21.8. The normalized spacial score (nSPS) is 18.7. The molecule has 0 spiro atoms. The van der Waals surface area contributed by atoms with Gasteiger partial charge in [0.25, 0.3) is 0 Å². The van der Waals surface area contributed by atoms with Gasteiger partial charge in [0, 0.05) is 0 Å². The van der Waals surface area contributed by atoms with Crippen LogP contribution < -0.4 is 14.4 Å². The molecule has 2 aromatic carbocycles. The zero-order valence-corrected chi connectivity index (χ0v) is 20.6. The van der Waals surface area contributed by atoms with Crippen LogP contribution in [0.2, 0.25) is 5.02 Å². The number of fused-ring (bicyclic) bond motifs is 1. The fraction of sp³-hybridized carbons (Fsp3) is 0.409. The van der Waals surface area contributed by atoms with E-state index in [9.17, 15) is 4.39 Å². The van der Waals surface area contributed by atoms with E-state index in [2.05, 4.69) is 9.89 Å². The van der Waals surface area contributed by atoms with E-state index in [1.54, 1.807) is 25.6 Å². The van der Waals surface area contributed by atoms with Crippen molar-refractivity contribution in [1.82, 2.24) is 4.90 Å². The summed E-state index contributed by atoms with van der Waals surface area (Å²) in [5, 5.41) is 0.0717. The molecule has 2 aliphatic rings. The summed E-state index contributed by atoms with van der Waals surface area (Å²) in [6.07, 6.45) is 2.68. The molecule has 0 aliphatic carbocycles. The number of anilines is 2. The van der Waals surface area contributed by atoms with Gasteiger partial charge in [0.05, 0.1) is 0 Å². The Kier molecular flexibility index (Phi) is 7.38. The van der Waals surface area contributed by atoms with Gasteiger partial charge in [-0.05, 0) is 0 Å². The summed E-state index contributed by atoms with van der Waals surface area (Å²) in [5.74, 6) is 0.910. The maximum absolute atomic E-state index is 13.6. The molecule has 0 amide bonds. The summed E-state index contributed by atoms with van der Waals surface area (Å²) in [5.41, 5.74) is 2.69. The second kappa shape index (κ2) is 10.2. The molecule has 2 heterocycles. The molecule has 0 aromatic heterocycles. The molecule has 0 radical (unpaired) electrons. The number of halogens is 2. The van der Waals surface area contributed by atoms with Gasteiger partial charge >= 0.3 is 196 Å². The number of benzene rings is 2. The quantitative estimate of drug-likeness (QED) is 0.423. The summed E-state index contributed by atoms with van der Waals surface area (Å²) in [6, 6.07) is 8.58. The van der Waals surface area contributed by atoms with Gasteiger partial charge in [-0.15, -0.1) is 0 Å². The van der Waals surface area contributed by atoms with Crippen LogP contribution in [-0.2, 0) is 4.74 Å². The van der Waals surface area contributed by atoms with Crippen molar-refractivity contribution in [3.63, 3.8) is 0 Å². The van der Waals surface area contributed by atoms with Crippen molar-refractivity contribution in [2.75, 3.05) is 51.5 Å². The van der Waals surface area contributed by atoms with Crippen LogP contribution in [0.15, 0.2) is 35.3 Å². The van der Waals surface area contributed by atoms with E-state index in [1.165, 1.54) is 22.9 Å². The second-order valence-electron chi connectivity index (χ2n) is 7.40. The zero-order valence-electron chi connectivity index (χ0n) is 17.4. The molecule has 2 aliphatic heterocycles. The van der Waals surface area contributed by atoms with Crippen LogP contribution in [0.5, 0.6) is 11.5 Å². The first kappa shape index (κ1) is 22.4. The first-order valence-corrected chi connectivity index (χ1v) is 12.0. The first-order chi connectivity index (χ1) is 15.1. The molecule has 9 heteroatoms. The van der Waals surface area contributed by atoms with Crippen LogP contribution >= 0.6 is 11.6 Å². The SMILES string of the molecule is COc1cc2c(cc1OCCCN1CCOCC1)C([AsH2])N=CN2c1ccc(F)c(Cl)c1. The number of rotatable bonds is 7. The summed E-state index contributed by atoms with van der Waals surface area (Å²) in [6.45, 7) is 5.14. The van der Waals surface area contributed by atoms with Gasteiger partial charge in [-0.1, -0.05) is 0 Å². The third kappa shape index (κ3) is 5.17. The monoisotopic (exact) mass is 509 g/mol. The Morgan fingerprint density at radius 2 is 2.03 bits per heavy atom. The van der Waals surface area contributed by atoms with Crippen molar-refractivity contribution in [2.45, 2.75) is 11.3 Å². The van der Waals surface area contributed by atoms with Crippen LogP contribution in [0.1, 0.15) is 16.8 Å². The number of nitrogens with zero attached hydrogens (tertiary/aromatic N) is 3. The minimum absolute atomic E-state index is 0.0243. The molecule has 2 aromatic rings. The summed E-state index contributed by atoms with van der Waals surface area (Å²) < 4.78 is 30.7. The molecule has 1 fully saturated rings. The first-order valence-electron chi connectivity index (χ1n) is 10.2. The predicted octanol–water partition coefficient (Wildman–Crippen LogP) is 3.40. The molecule has 0 bridgehead atoms. The van der Waals surface area contributed by atoms with Gasteiger partial charge in [-0.25, -0.2) is 0 Å². The molecule has 2 atom stereocenters. The number of aliphatic imine (C=N–C) groups is 1. The van der Waals surface area contributed by atoms with E-state index >= 15 is 0 Å². The Balaban J connectivity index is 1.52. The Morgan fingerprint density at radius 1 is 1.23 bits per heavy atom. The van der Waals surface area contributed by atoms with Gasteiger partial charge < -0.3 is 0 Å². The summed E-state index contributed by atoms with van der Waals surface area (Å²) in [7, 11) is 1.63. The van der Waals surface area contributed by atoms with E-state index in [-0.39, 0.29) is 9.85 Å². The van der Waals surface area contributed by atoms with Crippen molar-refractivity contribution in [2.24, 2.45) is 4.99 Å². The average Bonchev–Trinajstić information content (AvgIpc) is 2.79. The van der Waals surface area contributed by atoms with Crippen molar-refractivity contribution in [3.8, 4) is 11.5 Å². The van der Waals surface area contributed by atoms with Gasteiger partial charge in [-0.2, -0.15) is 0 Å². The molecular weight excluding hydrogens is 484 g/mol. The van der Waals surface area contributed by atoms with Crippen molar-refractivity contribution < 1.29 is 18.6 Å². The molecule has 4 rings (SSSR count). The van der Waals surface area contributed by atoms with Gasteiger partial charge in [0.1, 0.15) is 0 Å². The third-order valence-corrected chi connectivity index (χ3v) is 6.80. The average molecular weight is 510 g/mol. The fourth-order valence-electron chi connectivity index (χ4n) is 3.70. The molecular formula is C22H26AsClFN3O3. The standard InChI is InChI=1S/C22H26AsClFN3O3/c1-29-20-13-19-16(12-21(20)31-8-2-5-27-6-9-30-10-7-27)22(23)26-14-28(19)15-3-4-18(25)17(24)11-15/h3-4,11-14,22H,2,5-10,23H2,1H3. The van der Waals surface area contributed by atoms with Gasteiger partial charge in [0.15, 0.2) is 0 Å². The van der Waals surface area contributed by atoms with Crippen LogP contribution in [-0.4, -0.2) is 74.7 Å². The molecule has 2 unspecified atom stereocenters. The van der Waals surface area contributed by atoms with Crippen molar-refractivity contribution in [1.29, 1.82) is 0 Å². The Labute approximate surface area is 195 Å². The van der Waals surface area contributed by atoms with E-state index in [4.69, 9.17) is 25.8 Å². The Hall–Kier alpha value is -1.79. The summed E-state index contributed by atoms with van der Waals surface area (Å²) >= 11 is 7.50. The topological polar surface area (TPSA) is 46.5 Å². The molecule has 1 saturated heterocycles. The van der Waals surface area contributed by atoms with Gasteiger partial charge in [-0.3, -0.25) is 0 Å². The number of morpholine rings is 1. The molecule has 0 saturated carbocycles. The fourth-order valence-corrected chi connectivity index (χ4v) is 4.60. The van der Waals surface area contributed by atoms with Gasteiger partial charge in [0.2, 0.25) is 0 Å². The van der Waals surface area contributed by atoms with Crippen LogP contribution in [0.3, 0.4) is 0 Å². The summed E-state index contributed by atoms with van der Waals surface area (Å²) in [4.78, 5) is 8.92. The van der Waals surface area contributed by atoms with E-state index in [1.807, 2.05) is 17.0 Å². The number of methoxy groups -OCH3 is 1. The molecule has 0 N–H and O–H groups in total. The van der Waals surface area contributed by atoms with Crippen molar-refractivity contribution in [3.05, 3.63) is 46.7 Å². The molecule has 31 heavy (non-hydrogen) atoms. The van der Waals surface area contributed by atoms with Crippen LogP contribution in [0.4, 0.5) is 15.8 Å². The van der Waals surface area contributed by atoms with Crippen LogP contribution in [0, 0.1) is 5.82 Å². The Morgan fingerprint density at radius 3 is 2.77 bits per heavy atom. The number of ether oxygens (including phenoxy) is 3. The maximum atomic E-state index is 13.6. The molecule has 166 valence electrons.